The molecule has 5 aromatic heterocycles. The molecule has 5 heteroatoms. The van der Waals surface area contributed by atoms with Crippen LogP contribution in [-0.2, 0) is 0 Å². The van der Waals surface area contributed by atoms with Gasteiger partial charge in [0.05, 0.1) is 33.1 Å². The molecule has 0 amide bonds. The Kier molecular flexibility index (Phi) is 12.0. The van der Waals surface area contributed by atoms with Crippen molar-refractivity contribution in [3.8, 4) is 61.6 Å². The topological polar surface area (TPSA) is 14.8 Å². The van der Waals surface area contributed by atoms with Gasteiger partial charge in [-0.05, 0) is 178 Å². The zero-order chi connectivity index (χ0) is 58.5. The number of thiophene rings is 2. The molecule has 0 saturated heterocycles. The molecule has 19 aromatic rings. The van der Waals surface area contributed by atoms with E-state index >= 15 is 0 Å². The van der Waals surface area contributed by atoms with Gasteiger partial charge >= 0.3 is 0 Å². The molecule has 19 rings (SSSR count). The van der Waals surface area contributed by atoms with Gasteiger partial charge in [-0.25, -0.2) is 0 Å². The van der Waals surface area contributed by atoms with Crippen molar-refractivity contribution in [1.82, 2.24) is 13.7 Å². The quantitative estimate of drug-likeness (QED) is 0.151. The summed E-state index contributed by atoms with van der Waals surface area (Å²) in [6, 6.07) is 117. The van der Waals surface area contributed by atoms with Crippen LogP contribution in [0.4, 0.5) is 0 Å². The minimum atomic E-state index is 1.17. The third-order valence-electron chi connectivity index (χ3n) is 18.1. The van der Waals surface area contributed by atoms with E-state index in [0.29, 0.717) is 0 Å². The lowest BCUT2D eigenvalue weighted by Gasteiger charge is -2.10. The van der Waals surface area contributed by atoms with E-state index in [1.807, 2.05) is 22.7 Å². The molecule has 0 aliphatic carbocycles. The molecule has 0 bridgehead atoms. The molecule has 416 valence electrons. The minimum Gasteiger partial charge on any atom is -0.309 e. The summed E-state index contributed by atoms with van der Waals surface area (Å²) >= 11 is 3.73. The smallest absolute Gasteiger partial charge is 0.0541 e. The Morgan fingerprint density at radius 1 is 0.157 bits per heavy atom. The number of para-hydroxylation sites is 4. The van der Waals surface area contributed by atoms with Crippen LogP contribution in [0.2, 0.25) is 0 Å². The van der Waals surface area contributed by atoms with Gasteiger partial charge in [0.15, 0.2) is 0 Å². The molecule has 14 aromatic carbocycles. The Hall–Kier alpha value is -11.1. The van der Waals surface area contributed by atoms with Crippen LogP contribution in [-0.4, -0.2) is 13.7 Å². The van der Waals surface area contributed by atoms with Crippen LogP contribution in [0.15, 0.2) is 322 Å². The second-order valence-corrected chi connectivity index (χ2v) is 25.3. The average Bonchev–Trinajstić information content (AvgIpc) is 1.81. The van der Waals surface area contributed by atoms with Crippen molar-refractivity contribution < 1.29 is 0 Å². The highest BCUT2D eigenvalue weighted by Crippen LogP contribution is 2.43. The third kappa shape index (κ3) is 8.53. The summed E-state index contributed by atoms with van der Waals surface area (Å²) in [5, 5.41) is 12.9. The third-order valence-corrected chi connectivity index (χ3v) is 20.4. The van der Waals surface area contributed by atoms with Crippen LogP contribution in [0.3, 0.4) is 0 Å². The molecule has 89 heavy (non-hydrogen) atoms. The number of hydrogen-bond donors (Lipinski definition) is 0. The molecule has 0 saturated carbocycles. The summed E-state index contributed by atoms with van der Waals surface area (Å²) in [7, 11) is 0. The fraction of sp³-hybridized carbons (Fsp3) is 0. The van der Waals surface area contributed by atoms with Crippen molar-refractivity contribution in [3.05, 3.63) is 322 Å². The largest absolute Gasteiger partial charge is 0.309 e. The highest BCUT2D eigenvalue weighted by atomic mass is 32.1. The van der Waals surface area contributed by atoms with Gasteiger partial charge in [0.25, 0.3) is 0 Å². The molecule has 0 N–H and O–H groups in total. The predicted molar refractivity (Wildman–Crippen MR) is 383 cm³/mol. The van der Waals surface area contributed by atoms with Crippen molar-refractivity contribution in [1.29, 1.82) is 0 Å². The van der Waals surface area contributed by atoms with Crippen molar-refractivity contribution in [3.63, 3.8) is 0 Å². The van der Waals surface area contributed by atoms with Gasteiger partial charge in [-0.1, -0.05) is 188 Å². The number of nitrogens with zero attached hydrogens (tertiary/aromatic N) is 3. The lowest BCUT2D eigenvalue weighted by Crippen LogP contribution is -1.93. The summed E-state index contributed by atoms with van der Waals surface area (Å²) < 4.78 is 12.5. The molecular weight excluding hydrogens is 1120 g/mol. The molecule has 0 fully saturated rings. The standard InChI is InChI=1S/C48H30N2S.C36H23NS/c1-3-11-35(12-4-1)49-43-17-9-7-15-37(43)39-27-31(19-23-44(39)49)32-20-24-45-40(28-32)41-29-33(21-25-46(41)50(45)36-13-5-2-6-14-36)34-22-26-48-42(30-34)38-16-8-10-18-47(38)51-48;1-2-8-24(9-3-1)25-14-18-28(19-15-25)37-33-12-6-4-10-29(33)31-22-26(16-20-34(31)37)27-17-21-36-32(23-27)30-11-5-7-13-35(30)38-36/h1-30H;1-23H. The number of fused-ring (bicyclic) bond motifs is 15. The van der Waals surface area contributed by atoms with Gasteiger partial charge in [0, 0.05) is 89.7 Å². The molecule has 0 aliphatic heterocycles. The van der Waals surface area contributed by atoms with E-state index in [9.17, 15) is 0 Å². The SMILES string of the molecule is c1ccc(-c2ccc(-n3c4ccccc4c4cc(-c5ccc6sc7ccccc7c6c5)ccc43)cc2)cc1.c1ccc(-n2c3ccccc3c3cc(-c4ccc5c(c4)c4cc(-c6ccc7sc8ccccc8c7c6)ccc4n5-c4ccccc4)ccc32)cc1. The Balaban J connectivity index is 0.000000139. The maximum absolute atomic E-state index is 2.41. The molecule has 0 unspecified atom stereocenters. The van der Waals surface area contributed by atoms with Gasteiger partial charge < -0.3 is 13.7 Å². The minimum absolute atomic E-state index is 1.17. The molecular formula is C84H53N3S2. The molecule has 0 aliphatic rings. The van der Waals surface area contributed by atoms with Gasteiger partial charge in [-0.15, -0.1) is 22.7 Å². The summed E-state index contributed by atoms with van der Waals surface area (Å²) in [5.74, 6) is 0. The summed E-state index contributed by atoms with van der Waals surface area (Å²) in [6.45, 7) is 0. The van der Waals surface area contributed by atoms with Gasteiger partial charge in [0.1, 0.15) is 0 Å². The number of benzene rings is 14. The zero-order valence-corrected chi connectivity index (χ0v) is 49.9. The van der Waals surface area contributed by atoms with Gasteiger partial charge in [-0.2, -0.15) is 0 Å². The molecule has 0 atom stereocenters. The van der Waals surface area contributed by atoms with Crippen molar-refractivity contribution in [2.24, 2.45) is 0 Å². The fourth-order valence-corrected chi connectivity index (χ4v) is 16.1. The van der Waals surface area contributed by atoms with E-state index in [1.54, 1.807) is 0 Å². The van der Waals surface area contributed by atoms with Crippen LogP contribution in [0.25, 0.3) is 167 Å². The van der Waals surface area contributed by atoms with Crippen LogP contribution in [0, 0.1) is 0 Å². The van der Waals surface area contributed by atoms with Crippen molar-refractivity contribution >= 4 is 128 Å². The van der Waals surface area contributed by atoms with E-state index in [4.69, 9.17) is 0 Å². The number of aromatic nitrogens is 3. The summed E-state index contributed by atoms with van der Waals surface area (Å²) in [5.41, 5.74) is 20.7. The first-order valence-corrected chi connectivity index (χ1v) is 32.0. The normalized spacial score (nSPS) is 11.8. The van der Waals surface area contributed by atoms with Gasteiger partial charge in [-0.3, -0.25) is 0 Å². The first-order chi connectivity index (χ1) is 44.1. The highest BCUT2D eigenvalue weighted by molar-refractivity contribution is 7.26. The fourth-order valence-electron chi connectivity index (χ4n) is 13.9. The maximum atomic E-state index is 2.41. The van der Waals surface area contributed by atoms with Crippen molar-refractivity contribution in [2.45, 2.75) is 0 Å². The second-order valence-electron chi connectivity index (χ2n) is 23.2. The maximum Gasteiger partial charge on any atom is 0.0541 e. The van der Waals surface area contributed by atoms with Crippen LogP contribution in [0.1, 0.15) is 0 Å². The monoisotopic (exact) mass is 1170 g/mol. The summed E-state index contributed by atoms with van der Waals surface area (Å²) in [6.07, 6.45) is 0. The van der Waals surface area contributed by atoms with Crippen LogP contribution >= 0.6 is 22.7 Å². The van der Waals surface area contributed by atoms with Gasteiger partial charge in [0.2, 0.25) is 0 Å². The summed E-state index contributed by atoms with van der Waals surface area (Å²) in [4.78, 5) is 0. The molecule has 0 radical (unpaired) electrons. The first-order valence-electron chi connectivity index (χ1n) is 30.4. The van der Waals surface area contributed by atoms with Crippen LogP contribution < -0.4 is 0 Å². The van der Waals surface area contributed by atoms with Crippen LogP contribution in [0.5, 0.6) is 0 Å². The Morgan fingerprint density at radius 2 is 0.416 bits per heavy atom. The zero-order valence-electron chi connectivity index (χ0n) is 48.3. The highest BCUT2D eigenvalue weighted by Gasteiger charge is 2.19. The van der Waals surface area contributed by atoms with E-state index in [2.05, 4.69) is 335 Å². The average molecular weight is 1170 g/mol. The Bertz CT molecular complexity index is 5960. The Labute approximate surface area is 521 Å². The van der Waals surface area contributed by atoms with E-state index in [1.165, 1.54) is 167 Å². The molecule has 5 heterocycles. The molecule has 3 nitrogen and oxygen atoms in total. The Morgan fingerprint density at radius 3 is 0.820 bits per heavy atom. The number of hydrogen-bond acceptors (Lipinski definition) is 2. The van der Waals surface area contributed by atoms with E-state index in [-0.39, 0.29) is 0 Å². The van der Waals surface area contributed by atoms with Crippen molar-refractivity contribution in [2.75, 3.05) is 0 Å². The number of rotatable bonds is 7. The second kappa shape index (κ2) is 20.8. The van der Waals surface area contributed by atoms with E-state index in [0.717, 1.165) is 0 Å². The lowest BCUT2D eigenvalue weighted by molar-refractivity contribution is 1.18. The van der Waals surface area contributed by atoms with E-state index < -0.39 is 0 Å². The predicted octanol–water partition coefficient (Wildman–Crippen LogP) is 24.1. The lowest BCUT2D eigenvalue weighted by atomic mass is 9.98. The molecule has 0 spiro atoms. The first kappa shape index (κ1) is 51.2.